The maximum Gasteiger partial charge on any atom is 0.325 e. The highest BCUT2D eigenvalue weighted by Gasteiger charge is 2.49. The van der Waals surface area contributed by atoms with E-state index in [1.54, 1.807) is 42.9 Å². The molecule has 10 heteroatoms. The lowest BCUT2D eigenvalue weighted by Gasteiger charge is -2.22. The number of imide groups is 1. The first kappa shape index (κ1) is 22.0. The number of urea groups is 1. The highest BCUT2D eigenvalue weighted by atomic mass is 19.1. The van der Waals surface area contributed by atoms with E-state index in [1.165, 1.54) is 35.9 Å². The first-order valence-electron chi connectivity index (χ1n) is 10.2. The normalized spacial score (nSPS) is 17.9. The van der Waals surface area contributed by atoms with Gasteiger partial charge < -0.3 is 10.6 Å². The molecule has 1 aromatic heterocycles. The Morgan fingerprint density at radius 2 is 1.70 bits per heavy atom. The minimum absolute atomic E-state index is 0.0553. The molecule has 9 nitrogen and oxygen atoms in total. The number of aromatic nitrogens is 2. The van der Waals surface area contributed by atoms with Crippen LogP contribution in [0.4, 0.5) is 14.9 Å². The third-order valence-electron chi connectivity index (χ3n) is 5.82. The zero-order valence-electron chi connectivity index (χ0n) is 18.3. The van der Waals surface area contributed by atoms with E-state index in [4.69, 9.17) is 0 Å². The van der Waals surface area contributed by atoms with Crippen LogP contribution in [-0.4, -0.2) is 38.7 Å². The second-order valence-corrected chi connectivity index (χ2v) is 7.94. The number of para-hydroxylation sites is 1. The predicted octanol–water partition coefficient (Wildman–Crippen LogP) is 2.03. The molecule has 2 N–H and O–H groups in total. The maximum atomic E-state index is 13.3. The number of carbonyl (C=O) groups is 3. The summed E-state index contributed by atoms with van der Waals surface area (Å²) in [6.07, 6.45) is 0. The van der Waals surface area contributed by atoms with Gasteiger partial charge in [0.05, 0.1) is 11.4 Å². The Morgan fingerprint density at radius 1 is 1.06 bits per heavy atom. The van der Waals surface area contributed by atoms with E-state index in [9.17, 15) is 23.6 Å². The summed E-state index contributed by atoms with van der Waals surface area (Å²) >= 11 is 0. The van der Waals surface area contributed by atoms with Crippen molar-refractivity contribution in [3.8, 4) is 5.69 Å². The van der Waals surface area contributed by atoms with Gasteiger partial charge in [-0.1, -0.05) is 30.3 Å². The molecule has 0 saturated carbocycles. The van der Waals surface area contributed by atoms with Crippen molar-refractivity contribution in [1.82, 2.24) is 19.6 Å². The Labute approximate surface area is 188 Å². The van der Waals surface area contributed by atoms with Crippen LogP contribution < -0.4 is 16.2 Å². The van der Waals surface area contributed by atoms with Crippen LogP contribution >= 0.6 is 0 Å². The largest absolute Gasteiger partial charge is 0.325 e. The molecule has 0 spiro atoms. The standard InChI is InChI=1S/C23H22FN5O4/c1-14-19(20(31)29(27(14)3)17-7-5-4-6-8-17)25-18(30)13-28-21(32)23(2,26-22(28)33)15-9-11-16(24)12-10-15/h4-12H,13H2,1-3H3,(H,25,30)(H,26,33). The molecule has 1 aliphatic heterocycles. The third kappa shape index (κ3) is 3.69. The van der Waals surface area contributed by atoms with E-state index >= 15 is 0 Å². The topological polar surface area (TPSA) is 105 Å². The van der Waals surface area contributed by atoms with Crippen molar-refractivity contribution in [3.05, 3.63) is 82.0 Å². The second-order valence-electron chi connectivity index (χ2n) is 7.94. The van der Waals surface area contributed by atoms with E-state index in [1.807, 2.05) is 6.07 Å². The average Bonchev–Trinajstić information content (AvgIpc) is 3.14. The summed E-state index contributed by atoms with van der Waals surface area (Å²) in [6.45, 7) is 2.58. The Morgan fingerprint density at radius 3 is 2.33 bits per heavy atom. The van der Waals surface area contributed by atoms with E-state index in [0.717, 1.165) is 4.90 Å². The van der Waals surface area contributed by atoms with Crippen LogP contribution in [0.15, 0.2) is 59.4 Å². The molecule has 0 bridgehead atoms. The molecule has 4 amide bonds. The van der Waals surface area contributed by atoms with Gasteiger partial charge in [0.1, 0.15) is 23.6 Å². The van der Waals surface area contributed by atoms with Gasteiger partial charge in [-0.2, -0.15) is 0 Å². The smallest absolute Gasteiger partial charge is 0.319 e. The van der Waals surface area contributed by atoms with Gasteiger partial charge in [0.15, 0.2) is 0 Å². The van der Waals surface area contributed by atoms with Gasteiger partial charge in [-0.25, -0.2) is 13.9 Å². The minimum Gasteiger partial charge on any atom is -0.319 e. The van der Waals surface area contributed by atoms with Gasteiger partial charge in [-0.05, 0) is 43.7 Å². The lowest BCUT2D eigenvalue weighted by atomic mass is 9.92. The maximum absolute atomic E-state index is 13.3. The summed E-state index contributed by atoms with van der Waals surface area (Å²) in [4.78, 5) is 51.9. The molecule has 2 aromatic carbocycles. The first-order chi connectivity index (χ1) is 15.6. The summed E-state index contributed by atoms with van der Waals surface area (Å²) in [6, 6.07) is 13.3. The number of benzene rings is 2. The molecular formula is C23H22FN5O4. The number of anilines is 1. The molecule has 33 heavy (non-hydrogen) atoms. The molecule has 0 aliphatic carbocycles. The number of nitrogens with zero attached hydrogens (tertiary/aromatic N) is 3. The highest BCUT2D eigenvalue weighted by molar-refractivity contribution is 6.10. The summed E-state index contributed by atoms with van der Waals surface area (Å²) < 4.78 is 16.3. The molecule has 170 valence electrons. The van der Waals surface area contributed by atoms with Crippen LogP contribution in [0.25, 0.3) is 5.69 Å². The predicted molar refractivity (Wildman–Crippen MR) is 118 cm³/mol. The molecule has 0 radical (unpaired) electrons. The SMILES string of the molecule is Cc1c(NC(=O)CN2C(=O)NC(C)(c3ccc(F)cc3)C2=O)c(=O)n(-c2ccccc2)n1C. The number of rotatable bonds is 5. The van der Waals surface area contributed by atoms with Crippen molar-refractivity contribution in [2.75, 3.05) is 11.9 Å². The zero-order valence-corrected chi connectivity index (χ0v) is 18.3. The summed E-state index contributed by atoms with van der Waals surface area (Å²) in [5.41, 5.74) is -0.311. The molecule has 3 aromatic rings. The van der Waals surface area contributed by atoms with Crippen molar-refractivity contribution in [1.29, 1.82) is 0 Å². The van der Waals surface area contributed by atoms with Crippen LogP contribution in [0.5, 0.6) is 0 Å². The quantitative estimate of drug-likeness (QED) is 0.579. The molecule has 1 fully saturated rings. The van der Waals surface area contributed by atoms with Crippen molar-refractivity contribution in [2.24, 2.45) is 7.05 Å². The number of hydrogen-bond acceptors (Lipinski definition) is 4. The minimum atomic E-state index is -1.44. The molecule has 1 atom stereocenters. The van der Waals surface area contributed by atoms with Crippen LogP contribution in [0, 0.1) is 12.7 Å². The fourth-order valence-electron chi connectivity index (χ4n) is 3.85. The molecule has 2 heterocycles. The van der Waals surface area contributed by atoms with Crippen LogP contribution in [0.2, 0.25) is 0 Å². The highest BCUT2D eigenvalue weighted by Crippen LogP contribution is 2.29. The number of amides is 4. The van der Waals surface area contributed by atoms with E-state index in [2.05, 4.69) is 10.6 Å². The van der Waals surface area contributed by atoms with Crippen LogP contribution in [0.1, 0.15) is 18.2 Å². The van der Waals surface area contributed by atoms with E-state index < -0.39 is 41.3 Å². The van der Waals surface area contributed by atoms with Gasteiger partial charge in [0.2, 0.25) is 5.91 Å². The third-order valence-corrected chi connectivity index (χ3v) is 5.82. The molecule has 1 aliphatic rings. The van der Waals surface area contributed by atoms with Gasteiger partial charge in [0.25, 0.3) is 11.5 Å². The van der Waals surface area contributed by atoms with Gasteiger partial charge in [-0.15, -0.1) is 0 Å². The average molecular weight is 451 g/mol. The fraction of sp³-hybridized carbons (Fsp3) is 0.217. The Kier molecular flexibility index (Phi) is 5.36. The van der Waals surface area contributed by atoms with Gasteiger partial charge in [0, 0.05) is 7.05 Å². The zero-order chi connectivity index (χ0) is 23.9. The van der Waals surface area contributed by atoms with E-state index in [0.29, 0.717) is 16.9 Å². The second kappa shape index (κ2) is 8.05. The Bertz CT molecular complexity index is 1310. The van der Waals surface area contributed by atoms with Crippen molar-refractivity contribution in [2.45, 2.75) is 19.4 Å². The molecule has 1 saturated heterocycles. The number of carbonyl (C=O) groups excluding carboxylic acids is 3. The first-order valence-corrected chi connectivity index (χ1v) is 10.2. The molecule has 4 rings (SSSR count). The van der Waals surface area contributed by atoms with Crippen molar-refractivity contribution < 1.29 is 18.8 Å². The van der Waals surface area contributed by atoms with Gasteiger partial charge >= 0.3 is 6.03 Å². The molecule has 1 unspecified atom stereocenters. The van der Waals surface area contributed by atoms with E-state index in [-0.39, 0.29) is 5.69 Å². The lowest BCUT2D eigenvalue weighted by Crippen LogP contribution is -2.42. The number of hydrogen-bond donors (Lipinski definition) is 2. The lowest BCUT2D eigenvalue weighted by molar-refractivity contribution is -0.133. The Balaban J connectivity index is 1.55. The fourth-order valence-corrected chi connectivity index (χ4v) is 3.85. The summed E-state index contributed by atoms with van der Waals surface area (Å²) in [5, 5.41) is 5.09. The van der Waals surface area contributed by atoms with Crippen LogP contribution in [-0.2, 0) is 22.2 Å². The number of halogens is 1. The van der Waals surface area contributed by atoms with Crippen LogP contribution in [0.3, 0.4) is 0 Å². The summed E-state index contributed by atoms with van der Waals surface area (Å²) in [7, 11) is 1.69. The molecular weight excluding hydrogens is 429 g/mol. The van der Waals surface area contributed by atoms with Crippen molar-refractivity contribution >= 4 is 23.5 Å². The van der Waals surface area contributed by atoms with Gasteiger partial charge in [-0.3, -0.25) is 24.0 Å². The Hall–Kier alpha value is -4.21. The van der Waals surface area contributed by atoms with Crippen molar-refractivity contribution in [3.63, 3.8) is 0 Å². The number of nitrogens with one attached hydrogen (secondary N) is 2. The summed E-state index contributed by atoms with van der Waals surface area (Å²) in [5.74, 6) is -1.83. The monoisotopic (exact) mass is 451 g/mol.